The molecule has 1 fully saturated rings. The van der Waals surface area contributed by atoms with Crippen LogP contribution in [0.15, 0.2) is 0 Å². The molecule has 0 amide bonds. The van der Waals surface area contributed by atoms with Gasteiger partial charge in [-0.05, 0) is 25.9 Å². The van der Waals surface area contributed by atoms with E-state index in [4.69, 9.17) is 0 Å². The van der Waals surface area contributed by atoms with E-state index in [2.05, 4.69) is 23.0 Å². The Morgan fingerprint density at radius 3 is 2.07 bits per heavy atom. The summed E-state index contributed by atoms with van der Waals surface area (Å²) in [5.74, 6) is 0. The molecule has 1 atom stereocenters. The minimum Gasteiger partial charge on any atom is -0.275 e. The normalized spacial score (nSPS) is 25.5. The lowest BCUT2D eigenvalue weighted by Crippen LogP contribution is -2.64. The standard InChI is InChI=1S/C10H23FN2Si/c1-3-5-7-9-13-10(11)12(14-13)8-6-4-2/h10H,3-9,14H2,1-2H3. The van der Waals surface area contributed by atoms with Crippen LogP contribution in [-0.4, -0.2) is 38.5 Å². The van der Waals surface area contributed by atoms with Gasteiger partial charge in [-0.15, -0.1) is 0 Å². The van der Waals surface area contributed by atoms with Crippen LogP contribution in [0.25, 0.3) is 0 Å². The van der Waals surface area contributed by atoms with Crippen molar-refractivity contribution in [1.29, 1.82) is 0 Å². The quantitative estimate of drug-likeness (QED) is 0.365. The summed E-state index contributed by atoms with van der Waals surface area (Å²) in [6, 6.07) is 0. The number of rotatable bonds is 7. The zero-order valence-electron chi connectivity index (χ0n) is 9.51. The molecule has 0 aromatic carbocycles. The Kier molecular flexibility index (Phi) is 5.66. The molecule has 1 aliphatic heterocycles. The molecule has 1 rings (SSSR count). The van der Waals surface area contributed by atoms with E-state index in [0.29, 0.717) is 0 Å². The Balaban J connectivity index is 2.04. The fraction of sp³-hybridized carbons (Fsp3) is 1.00. The van der Waals surface area contributed by atoms with Gasteiger partial charge < -0.3 is 0 Å². The van der Waals surface area contributed by atoms with Gasteiger partial charge in [-0.25, -0.2) is 4.39 Å². The fourth-order valence-electron chi connectivity index (χ4n) is 1.78. The van der Waals surface area contributed by atoms with Gasteiger partial charge in [-0.1, -0.05) is 33.1 Å². The molecule has 0 aliphatic carbocycles. The highest BCUT2D eigenvalue weighted by Crippen LogP contribution is 2.18. The van der Waals surface area contributed by atoms with Crippen LogP contribution in [0.1, 0.15) is 46.0 Å². The first-order chi connectivity index (χ1) is 6.79. The van der Waals surface area contributed by atoms with Crippen LogP contribution in [0.2, 0.25) is 0 Å². The van der Waals surface area contributed by atoms with Crippen LogP contribution in [0.4, 0.5) is 4.39 Å². The molecule has 0 bridgehead atoms. The lowest BCUT2D eigenvalue weighted by atomic mass is 10.2. The first-order valence-electron chi connectivity index (χ1n) is 5.91. The predicted octanol–water partition coefficient (Wildman–Crippen LogP) is 1.85. The largest absolute Gasteiger partial charge is 0.275 e. The number of alkyl halides is 1. The van der Waals surface area contributed by atoms with Gasteiger partial charge in [0.1, 0.15) is 0 Å². The molecule has 0 spiro atoms. The molecule has 1 aliphatic rings. The van der Waals surface area contributed by atoms with E-state index in [1.54, 1.807) is 0 Å². The average molecular weight is 218 g/mol. The lowest BCUT2D eigenvalue weighted by Gasteiger charge is -2.46. The van der Waals surface area contributed by atoms with Gasteiger partial charge in [0.25, 0.3) is 0 Å². The molecule has 1 heterocycles. The molecule has 0 N–H and O–H groups in total. The minimum absolute atomic E-state index is 0.371. The Labute approximate surface area is 89.4 Å². The van der Waals surface area contributed by atoms with E-state index in [-0.39, 0.29) is 9.84 Å². The van der Waals surface area contributed by atoms with E-state index in [0.717, 1.165) is 19.5 Å². The van der Waals surface area contributed by atoms with Gasteiger partial charge in [0, 0.05) is 0 Å². The second-order valence-electron chi connectivity index (χ2n) is 4.14. The summed E-state index contributed by atoms with van der Waals surface area (Å²) >= 11 is 0. The summed E-state index contributed by atoms with van der Waals surface area (Å²) < 4.78 is 17.6. The zero-order valence-corrected chi connectivity index (χ0v) is 10.9. The maximum Gasteiger partial charge on any atom is 0.199 e. The molecule has 0 aromatic heterocycles. The van der Waals surface area contributed by atoms with E-state index in [9.17, 15) is 4.39 Å². The molecule has 0 saturated carbocycles. The van der Waals surface area contributed by atoms with E-state index < -0.39 is 6.42 Å². The van der Waals surface area contributed by atoms with Crippen molar-refractivity contribution in [3.05, 3.63) is 0 Å². The lowest BCUT2D eigenvalue weighted by molar-refractivity contribution is -0.0178. The fourth-order valence-corrected chi connectivity index (χ4v) is 3.40. The van der Waals surface area contributed by atoms with Crippen molar-refractivity contribution in [2.45, 2.75) is 52.4 Å². The highest BCUT2D eigenvalue weighted by atomic mass is 28.2. The summed E-state index contributed by atoms with van der Waals surface area (Å²) in [7, 11) is -0.371. The number of hydrogen-bond acceptors (Lipinski definition) is 2. The Morgan fingerprint density at radius 1 is 1.00 bits per heavy atom. The van der Waals surface area contributed by atoms with Crippen LogP contribution in [0.3, 0.4) is 0 Å². The summed E-state index contributed by atoms with van der Waals surface area (Å²) in [5.41, 5.74) is 0. The second kappa shape index (κ2) is 6.53. The minimum atomic E-state index is -0.731. The van der Waals surface area contributed by atoms with Gasteiger partial charge >= 0.3 is 0 Å². The van der Waals surface area contributed by atoms with Crippen LogP contribution in [-0.2, 0) is 0 Å². The molecule has 1 saturated heterocycles. The molecule has 14 heavy (non-hydrogen) atoms. The highest BCUT2D eigenvalue weighted by molar-refractivity contribution is 6.31. The third kappa shape index (κ3) is 3.33. The van der Waals surface area contributed by atoms with Crippen molar-refractivity contribution in [3.63, 3.8) is 0 Å². The van der Waals surface area contributed by atoms with Gasteiger partial charge in [0.05, 0.1) is 0 Å². The number of unbranched alkanes of at least 4 members (excludes halogenated alkanes) is 3. The number of hydrogen-bond donors (Lipinski definition) is 0. The van der Waals surface area contributed by atoms with Gasteiger partial charge in [-0.3, -0.25) is 9.13 Å². The van der Waals surface area contributed by atoms with Gasteiger partial charge in [0.2, 0.25) is 0 Å². The second-order valence-corrected chi connectivity index (χ2v) is 6.05. The molecule has 84 valence electrons. The Morgan fingerprint density at radius 2 is 1.57 bits per heavy atom. The SMILES string of the molecule is CCCCCN1[SiH2]N(CCCC)C1F. The van der Waals surface area contributed by atoms with Crippen molar-refractivity contribution in [1.82, 2.24) is 9.13 Å². The first kappa shape index (κ1) is 12.1. The number of halogens is 1. The van der Waals surface area contributed by atoms with Gasteiger partial charge in [0.15, 0.2) is 16.3 Å². The van der Waals surface area contributed by atoms with Crippen molar-refractivity contribution in [2.24, 2.45) is 0 Å². The van der Waals surface area contributed by atoms with Crippen molar-refractivity contribution >= 4 is 9.84 Å². The third-order valence-electron chi connectivity index (χ3n) is 2.81. The molecular formula is C10H23FN2Si. The smallest absolute Gasteiger partial charge is 0.199 e. The molecule has 2 nitrogen and oxygen atoms in total. The molecule has 1 unspecified atom stereocenters. The van der Waals surface area contributed by atoms with Crippen molar-refractivity contribution in [2.75, 3.05) is 13.1 Å². The Bertz CT molecular complexity index is 157. The maximum atomic E-state index is 13.5. The predicted molar refractivity (Wildman–Crippen MR) is 61.3 cm³/mol. The Hall–Kier alpha value is 0.0669. The molecular weight excluding hydrogens is 195 g/mol. The molecule has 0 aromatic rings. The summed E-state index contributed by atoms with van der Waals surface area (Å²) in [4.78, 5) is 0. The third-order valence-corrected chi connectivity index (χ3v) is 4.78. The van der Waals surface area contributed by atoms with E-state index in [1.807, 2.05) is 0 Å². The average Bonchev–Trinajstić information content (AvgIpc) is 2.20. The van der Waals surface area contributed by atoms with Crippen LogP contribution in [0, 0.1) is 0 Å². The first-order valence-corrected chi connectivity index (χ1v) is 7.18. The van der Waals surface area contributed by atoms with Crippen LogP contribution < -0.4 is 0 Å². The van der Waals surface area contributed by atoms with E-state index >= 15 is 0 Å². The zero-order chi connectivity index (χ0) is 10.4. The number of nitrogens with zero attached hydrogens (tertiary/aromatic N) is 2. The van der Waals surface area contributed by atoms with Crippen molar-refractivity contribution in [3.8, 4) is 0 Å². The maximum absolute atomic E-state index is 13.5. The summed E-state index contributed by atoms with van der Waals surface area (Å²) in [6.07, 6.45) is 5.23. The van der Waals surface area contributed by atoms with Crippen molar-refractivity contribution < 1.29 is 4.39 Å². The van der Waals surface area contributed by atoms with Crippen LogP contribution in [0.5, 0.6) is 0 Å². The van der Waals surface area contributed by atoms with E-state index in [1.165, 1.54) is 25.7 Å². The molecule has 0 radical (unpaired) electrons. The topological polar surface area (TPSA) is 6.48 Å². The summed E-state index contributed by atoms with van der Waals surface area (Å²) in [6.45, 7) is 6.32. The van der Waals surface area contributed by atoms with Crippen LogP contribution >= 0.6 is 0 Å². The molecule has 4 heteroatoms. The summed E-state index contributed by atoms with van der Waals surface area (Å²) in [5, 5.41) is 0. The monoisotopic (exact) mass is 218 g/mol. The highest BCUT2D eigenvalue weighted by Gasteiger charge is 2.35. The van der Waals surface area contributed by atoms with Gasteiger partial charge in [-0.2, -0.15) is 0 Å².